The number of rotatable bonds is 2. The van der Waals surface area contributed by atoms with E-state index in [4.69, 9.17) is 28.3 Å². The van der Waals surface area contributed by atoms with Gasteiger partial charge in [0, 0.05) is 0 Å². The SMILES string of the molecule is CC1(C(=O)O)CC1C=C(Cl)Cl. The molecule has 0 saturated heterocycles. The van der Waals surface area contributed by atoms with Gasteiger partial charge in [-0.1, -0.05) is 23.2 Å². The molecule has 1 saturated carbocycles. The van der Waals surface area contributed by atoms with Crippen molar-refractivity contribution in [1.29, 1.82) is 0 Å². The number of allylic oxidation sites excluding steroid dienone is 1. The van der Waals surface area contributed by atoms with Crippen LogP contribution in [0.2, 0.25) is 0 Å². The Bertz CT molecular complexity index is 220. The Labute approximate surface area is 74.8 Å². The van der Waals surface area contributed by atoms with Crippen LogP contribution in [0.3, 0.4) is 0 Å². The number of carboxylic acids is 1. The highest BCUT2D eigenvalue weighted by Gasteiger charge is 2.55. The molecule has 11 heavy (non-hydrogen) atoms. The van der Waals surface area contributed by atoms with Gasteiger partial charge < -0.3 is 5.11 Å². The number of halogens is 2. The second-order valence-corrected chi connectivity index (χ2v) is 4.00. The first-order chi connectivity index (χ1) is 4.97. The molecule has 0 radical (unpaired) electrons. The van der Waals surface area contributed by atoms with Crippen LogP contribution in [-0.4, -0.2) is 11.1 Å². The first kappa shape index (κ1) is 8.88. The van der Waals surface area contributed by atoms with E-state index in [-0.39, 0.29) is 10.4 Å². The summed E-state index contributed by atoms with van der Waals surface area (Å²) >= 11 is 10.8. The molecule has 0 bridgehead atoms. The van der Waals surface area contributed by atoms with Crippen molar-refractivity contribution in [2.45, 2.75) is 13.3 Å². The summed E-state index contributed by atoms with van der Waals surface area (Å²) in [6, 6.07) is 0. The smallest absolute Gasteiger partial charge is 0.309 e. The van der Waals surface area contributed by atoms with E-state index in [1.165, 1.54) is 0 Å². The largest absolute Gasteiger partial charge is 0.481 e. The van der Waals surface area contributed by atoms with E-state index in [0.29, 0.717) is 6.42 Å². The van der Waals surface area contributed by atoms with Gasteiger partial charge in [-0.2, -0.15) is 0 Å². The van der Waals surface area contributed by atoms with E-state index in [0.717, 1.165) is 0 Å². The molecule has 4 heteroatoms. The average Bonchev–Trinajstić information content (AvgIpc) is 2.42. The Balaban J connectivity index is 2.61. The summed E-state index contributed by atoms with van der Waals surface area (Å²) in [5, 5.41) is 8.68. The van der Waals surface area contributed by atoms with Crippen molar-refractivity contribution in [2.75, 3.05) is 0 Å². The van der Waals surface area contributed by atoms with Crippen LogP contribution in [0.25, 0.3) is 0 Å². The zero-order valence-corrected chi connectivity index (χ0v) is 7.49. The van der Waals surface area contributed by atoms with Crippen LogP contribution in [0.15, 0.2) is 10.6 Å². The van der Waals surface area contributed by atoms with E-state index < -0.39 is 11.4 Å². The average molecular weight is 195 g/mol. The lowest BCUT2D eigenvalue weighted by Crippen LogP contribution is -2.12. The van der Waals surface area contributed by atoms with Gasteiger partial charge in [-0.05, 0) is 25.3 Å². The molecule has 0 spiro atoms. The third kappa shape index (κ3) is 1.68. The van der Waals surface area contributed by atoms with Gasteiger partial charge in [-0.15, -0.1) is 0 Å². The van der Waals surface area contributed by atoms with Gasteiger partial charge in [0.25, 0.3) is 0 Å². The number of carboxylic acid groups (broad SMARTS) is 1. The molecule has 0 amide bonds. The molecule has 0 aromatic heterocycles. The van der Waals surface area contributed by atoms with E-state index in [2.05, 4.69) is 0 Å². The van der Waals surface area contributed by atoms with Crippen LogP contribution in [0.5, 0.6) is 0 Å². The predicted molar refractivity (Wildman–Crippen MR) is 43.6 cm³/mol. The van der Waals surface area contributed by atoms with E-state index >= 15 is 0 Å². The van der Waals surface area contributed by atoms with Crippen molar-refractivity contribution in [2.24, 2.45) is 11.3 Å². The fourth-order valence-corrected chi connectivity index (χ4v) is 1.34. The Morgan fingerprint density at radius 3 is 2.55 bits per heavy atom. The topological polar surface area (TPSA) is 37.3 Å². The molecule has 62 valence electrons. The molecule has 2 unspecified atom stereocenters. The minimum Gasteiger partial charge on any atom is -0.481 e. The molecule has 2 atom stereocenters. The summed E-state index contributed by atoms with van der Waals surface area (Å²) in [6.07, 6.45) is 2.21. The molecule has 0 aromatic rings. The number of aliphatic carboxylic acids is 1. The maximum atomic E-state index is 10.6. The molecular weight excluding hydrogens is 187 g/mol. The van der Waals surface area contributed by atoms with Gasteiger partial charge in [0.05, 0.1) is 5.41 Å². The quantitative estimate of drug-likeness (QED) is 0.734. The number of carbonyl (C=O) groups is 1. The summed E-state index contributed by atoms with van der Waals surface area (Å²) < 4.78 is 0.153. The van der Waals surface area contributed by atoms with E-state index in [1.54, 1.807) is 13.0 Å². The molecule has 1 aliphatic rings. The van der Waals surface area contributed by atoms with Crippen molar-refractivity contribution in [1.82, 2.24) is 0 Å². The maximum Gasteiger partial charge on any atom is 0.309 e. The third-order valence-electron chi connectivity index (χ3n) is 2.12. The summed E-state index contributed by atoms with van der Waals surface area (Å²) in [5.41, 5.74) is -0.630. The normalized spacial score (nSPS) is 34.6. The highest BCUT2D eigenvalue weighted by molar-refractivity contribution is 6.55. The minimum atomic E-state index is -0.784. The molecule has 2 nitrogen and oxygen atoms in total. The van der Waals surface area contributed by atoms with Crippen LogP contribution < -0.4 is 0 Å². The molecule has 1 rings (SSSR count). The Hall–Kier alpha value is -0.210. The van der Waals surface area contributed by atoms with Gasteiger partial charge in [-0.3, -0.25) is 4.79 Å². The molecule has 1 fully saturated rings. The van der Waals surface area contributed by atoms with Crippen molar-refractivity contribution in [3.63, 3.8) is 0 Å². The second-order valence-electron chi connectivity index (χ2n) is 2.99. The predicted octanol–water partition coefficient (Wildman–Crippen LogP) is 2.42. The van der Waals surface area contributed by atoms with Gasteiger partial charge in [0.2, 0.25) is 0 Å². The van der Waals surface area contributed by atoms with Crippen LogP contribution in [0.4, 0.5) is 0 Å². The number of hydrogen-bond donors (Lipinski definition) is 1. The standard InChI is InChI=1S/C7H8Cl2O2/c1-7(6(10)11)3-4(7)2-5(8)9/h2,4H,3H2,1H3,(H,10,11). The first-order valence-electron chi connectivity index (χ1n) is 3.23. The summed E-state index contributed by atoms with van der Waals surface area (Å²) in [5.74, 6) is -0.779. The Kier molecular flexibility index (Phi) is 2.17. The van der Waals surface area contributed by atoms with Crippen molar-refractivity contribution in [3.8, 4) is 0 Å². The van der Waals surface area contributed by atoms with E-state index in [1.807, 2.05) is 0 Å². The molecule has 1 aliphatic carbocycles. The monoisotopic (exact) mass is 194 g/mol. The summed E-state index contributed by atoms with van der Waals surface area (Å²) in [4.78, 5) is 10.6. The summed E-state index contributed by atoms with van der Waals surface area (Å²) in [6.45, 7) is 1.69. The fourth-order valence-electron chi connectivity index (χ4n) is 1.04. The highest BCUT2D eigenvalue weighted by atomic mass is 35.5. The van der Waals surface area contributed by atoms with Crippen molar-refractivity contribution in [3.05, 3.63) is 10.6 Å². The summed E-state index contributed by atoms with van der Waals surface area (Å²) in [7, 11) is 0. The fraction of sp³-hybridized carbons (Fsp3) is 0.571. The molecule has 1 N–H and O–H groups in total. The van der Waals surface area contributed by atoms with Gasteiger partial charge in [-0.25, -0.2) is 0 Å². The Morgan fingerprint density at radius 1 is 1.73 bits per heavy atom. The highest BCUT2D eigenvalue weighted by Crippen LogP contribution is 2.53. The first-order valence-corrected chi connectivity index (χ1v) is 3.98. The zero-order valence-electron chi connectivity index (χ0n) is 5.97. The van der Waals surface area contributed by atoms with Crippen molar-refractivity contribution >= 4 is 29.2 Å². The zero-order chi connectivity index (χ0) is 8.65. The Morgan fingerprint density at radius 2 is 2.27 bits per heavy atom. The maximum absolute atomic E-state index is 10.6. The van der Waals surface area contributed by atoms with Crippen LogP contribution in [0.1, 0.15) is 13.3 Å². The lowest BCUT2D eigenvalue weighted by molar-refractivity contribution is -0.143. The lowest BCUT2D eigenvalue weighted by Gasteiger charge is -1.99. The molecule has 0 heterocycles. The minimum absolute atomic E-state index is 0.00463. The molecular formula is C7H8Cl2O2. The van der Waals surface area contributed by atoms with Gasteiger partial charge in [0.1, 0.15) is 4.49 Å². The lowest BCUT2D eigenvalue weighted by atomic mass is 10.1. The van der Waals surface area contributed by atoms with Crippen molar-refractivity contribution < 1.29 is 9.90 Å². The third-order valence-corrected chi connectivity index (χ3v) is 2.37. The second kappa shape index (κ2) is 2.68. The number of hydrogen-bond acceptors (Lipinski definition) is 1. The van der Waals surface area contributed by atoms with Crippen LogP contribution >= 0.6 is 23.2 Å². The van der Waals surface area contributed by atoms with Crippen LogP contribution in [-0.2, 0) is 4.79 Å². The van der Waals surface area contributed by atoms with E-state index in [9.17, 15) is 4.79 Å². The van der Waals surface area contributed by atoms with Crippen LogP contribution in [0, 0.1) is 11.3 Å². The molecule has 0 aliphatic heterocycles. The van der Waals surface area contributed by atoms with Gasteiger partial charge in [0.15, 0.2) is 0 Å². The molecule has 0 aromatic carbocycles. The van der Waals surface area contributed by atoms with Gasteiger partial charge >= 0.3 is 5.97 Å².